The quantitative estimate of drug-likeness (QED) is 0.403. The minimum absolute atomic E-state index is 0. The van der Waals surface area contributed by atoms with Gasteiger partial charge in [0.25, 0.3) is 0 Å². The van der Waals surface area contributed by atoms with E-state index in [-0.39, 0.29) is 24.0 Å². The number of hydrogen-bond acceptors (Lipinski definition) is 3. The third-order valence-corrected chi connectivity index (χ3v) is 4.93. The second-order valence-corrected chi connectivity index (χ2v) is 6.90. The van der Waals surface area contributed by atoms with E-state index in [1.165, 1.54) is 29.5 Å². The Morgan fingerprint density at radius 2 is 1.96 bits per heavy atom. The standard InChI is InChI=1S/C21H29N5.HI/c1-17-8-4-5-9-19(17)16-25(3)21(22-2)24-15-18-10-11-23-20(14-18)26-12-6-7-13-26;/h4-5,8-11,14H,6-7,12-13,15-16H2,1-3H3,(H,22,24);1H. The molecule has 3 rings (SSSR count). The number of benzene rings is 1. The summed E-state index contributed by atoms with van der Waals surface area (Å²) in [7, 11) is 3.91. The summed E-state index contributed by atoms with van der Waals surface area (Å²) in [5, 5.41) is 3.47. The van der Waals surface area contributed by atoms with Crippen LogP contribution in [0.25, 0.3) is 0 Å². The van der Waals surface area contributed by atoms with E-state index in [1.807, 2.05) is 13.2 Å². The van der Waals surface area contributed by atoms with Crippen LogP contribution in [0.4, 0.5) is 5.82 Å². The number of guanidine groups is 1. The summed E-state index contributed by atoms with van der Waals surface area (Å²) < 4.78 is 0. The predicted molar refractivity (Wildman–Crippen MR) is 124 cm³/mol. The molecule has 0 atom stereocenters. The van der Waals surface area contributed by atoms with Crippen molar-refractivity contribution in [2.75, 3.05) is 32.1 Å². The molecule has 5 nitrogen and oxygen atoms in total. The number of aryl methyl sites for hydroxylation is 1. The monoisotopic (exact) mass is 479 g/mol. The molecule has 1 aromatic carbocycles. The van der Waals surface area contributed by atoms with Crippen LogP contribution >= 0.6 is 24.0 Å². The topological polar surface area (TPSA) is 43.8 Å². The van der Waals surface area contributed by atoms with Gasteiger partial charge in [-0.2, -0.15) is 0 Å². The van der Waals surface area contributed by atoms with Gasteiger partial charge in [-0.15, -0.1) is 24.0 Å². The van der Waals surface area contributed by atoms with Gasteiger partial charge in [-0.05, 0) is 48.6 Å². The third kappa shape index (κ3) is 5.82. The lowest BCUT2D eigenvalue weighted by Gasteiger charge is -2.23. The van der Waals surface area contributed by atoms with E-state index in [9.17, 15) is 0 Å². The van der Waals surface area contributed by atoms with Crippen molar-refractivity contribution in [1.29, 1.82) is 0 Å². The van der Waals surface area contributed by atoms with Gasteiger partial charge in [-0.25, -0.2) is 4.98 Å². The highest BCUT2D eigenvalue weighted by Gasteiger charge is 2.14. The summed E-state index contributed by atoms with van der Waals surface area (Å²) in [4.78, 5) is 13.5. The molecule has 27 heavy (non-hydrogen) atoms. The molecule has 1 aromatic heterocycles. The number of aromatic nitrogens is 1. The predicted octanol–water partition coefficient (Wildman–Crippen LogP) is 3.82. The van der Waals surface area contributed by atoms with Crippen LogP contribution in [-0.2, 0) is 13.1 Å². The lowest BCUT2D eigenvalue weighted by molar-refractivity contribution is 0.475. The van der Waals surface area contributed by atoms with Gasteiger partial charge < -0.3 is 15.1 Å². The van der Waals surface area contributed by atoms with Crippen LogP contribution in [0.5, 0.6) is 0 Å². The van der Waals surface area contributed by atoms with Crippen LogP contribution in [-0.4, -0.2) is 43.0 Å². The van der Waals surface area contributed by atoms with E-state index < -0.39 is 0 Å². The number of halogens is 1. The minimum Gasteiger partial charge on any atom is -0.357 e. The molecule has 2 aromatic rings. The van der Waals surface area contributed by atoms with Crippen molar-refractivity contribution in [3.63, 3.8) is 0 Å². The second kappa shape index (κ2) is 10.5. The Kier molecular flexibility index (Phi) is 8.34. The van der Waals surface area contributed by atoms with Crippen LogP contribution in [0.1, 0.15) is 29.5 Å². The molecule has 1 aliphatic rings. The zero-order valence-electron chi connectivity index (χ0n) is 16.5. The SMILES string of the molecule is CN=C(NCc1ccnc(N2CCCC2)c1)N(C)Cc1ccccc1C.I. The van der Waals surface area contributed by atoms with Crippen molar-refractivity contribution < 1.29 is 0 Å². The molecule has 1 aliphatic heterocycles. The summed E-state index contributed by atoms with van der Waals surface area (Å²) in [6.07, 6.45) is 4.44. The average molecular weight is 479 g/mol. The van der Waals surface area contributed by atoms with Crippen molar-refractivity contribution >= 4 is 35.8 Å². The Hall–Kier alpha value is -1.83. The zero-order chi connectivity index (χ0) is 18.4. The fraction of sp³-hybridized carbons (Fsp3) is 0.429. The lowest BCUT2D eigenvalue weighted by atomic mass is 10.1. The van der Waals surface area contributed by atoms with Crippen molar-refractivity contribution in [2.45, 2.75) is 32.9 Å². The van der Waals surface area contributed by atoms with E-state index in [4.69, 9.17) is 0 Å². The summed E-state index contributed by atoms with van der Waals surface area (Å²) in [5.74, 6) is 1.98. The molecule has 6 heteroatoms. The fourth-order valence-electron chi connectivity index (χ4n) is 3.37. The average Bonchev–Trinajstić information content (AvgIpc) is 3.19. The number of rotatable bonds is 5. The van der Waals surface area contributed by atoms with Gasteiger partial charge in [0.05, 0.1) is 0 Å². The molecule has 1 saturated heterocycles. The second-order valence-electron chi connectivity index (χ2n) is 6.90. The number of nitrogens with zero attached hydrogens (tertiary/aromatic N) is 4. The number of hydrogen-bond donors (Lipinski definition) is 1. The number of pyridine rings is 1. The van der Waals surface area contributed by atoms with Gasteiger partial charge in [0, 0.05) is 46.5 Å². The molecule has 1 N–H and O–H groups in total. The van der Waals surface area contributed by atoms with E-state index in [0.29, 0.717) is 0 Å². The Labute approximate surface area is 179 Å². The molecule has 0 unspecified atom stereocenters. The Balaban J connectivity index is 0.00000261. The normalized spacial score (nSPS) is 14.0. The maximum Gasteiger partial charge on any atom is 0.193 e. The molecule has 0 amide bonds. The molecule has 1 fully saturated rings. The minimum atomic E-state index is 0. The molecule has 0 spiro atoms. The van der Waals surface area contributed by atoms with Crippen molar-refractivity contribution in [3.8, 4) is 0 Å². The van der Waals surface area contributed by atoms with E-state index in [0.717, 1.165) is 38.0 Å². The highest BCUT2D eigenvalue weighted by molar-refractivity contribution is 14.0. The molecular weight excluding hydrogens is 449 g/mol. The molecule has 0 radical (unpaired) electrons. The first-order valence-corrected chi connectivity index (χ1v) is 9.33. The molecule has 146 valence electrons. The van der Waals surface area contributed by atoms with Crippen LogP contribution in [0.15, 0.2) is 47.6 Å². The maximum absolute atomic E-state index is 4.53. The smallest absolute Gasteiger partial charge is 0.193 e. The maximum atomic E-state index is 4.53. The summed E-state index contributed by atoms with van der Waals surface area (Å²) in [6, 6.07) is 12.7. The summed E-state index contributed by atoms with van der Waals surface area (Å²) >= 11 is 0. The fourth-order valence-corrected chi connectivity index (χ4v) is 3.37. The van der Waals surface area contributed by atoms with Crippen LogP contribution in [0.3, 0.4) is 0 Å². The zero-order valence-corrected chi connectivity index (χ0v) is 18.8. The molecule has 0 saturated carbocycles. The van der Waals surface area contributed by atoms with E-state index in [1.54, 1.807) is 0 Å². The summed E-state index contributed by atoms with van der Waals surface area (Å²) in [5.41, 5.74) is 3.85. The number of aliphatic imine (C=N–C) groups is 1. The third-order valence-electron chi connectivity index (χ3n) is 4.93. The summed E-state index contributed by atoms with van der Waals surface area (Å²) in [6.45, 7) is 5.96. The highest BCUT2D eigenvalue weighted by Crippen LogP contribution is 2.18. The van der Waals surface area contributed by atoms with E-state index in [2.05, 4.69) is 75.5 Å². The number of anilines is 1. The number of nitrogens with one attached hydrogen (secondary N) is 1. The Morgan fingerprint density at radius 3 is 2.67 bits per heavy atom. The van der Waals surface area contributed by atoms with Crippen molar-refractivity contribution in [1.82, 2.24) is 15.2 Å². The molecule has 2 heterocycles. The molecular formula is C21H30IN5. The van der Waals surface area contributed by atoms with Crippen LogP contribution < -0.4 is 10.2 Å². The van der Waals surface area contributed by atoms with Crippen molar-refractivity contribution in [3.05, 3.63) is 59.3 Å². The molecule has 0 aliphatic carbocycles. The highest BCUT2D eigenvalue weighted by atomic mass is 127. The molecule has 0 bridgehead atoms. The van der Waals surface area contributed by atoms with Gasteiger partial charge >= 0.3 is 0 Å². The Morgan fingerprint density at radius 1 is 1.22 bits per heavy atom. The van der Waals surface area contributed by atoms with Crippen LogP contribution in [0, 0.1) is 6.92 Å². The van der Waals surface area contributed by atoms with Crippen molar-refractivity contribution in [2.24, 2.45) is 4.99 Å². The van der Waals surface area contributed by atoms with Gasteiger partial charge in [-0.3, -0.25) is 4.99 Å². The first-order chi connectivity index (χ1) is 12.7. The van der Waals surface area contributed by atoms with Gasteiger partial charge in [0.1, 0.15) is 5.82 Å². The van der Waals surface area contributed by atoms with Gasteiger partial charge in [0.2, 0.25) is 0 Å². The lowest BCUT2D eigenvalue weighted by Crippen LogP contribution is -2.38. The first kappa shape index (κ1) is 21.5. The van der Waals surface area contributed by atoms with E-state index >= 15 is 0 Å². The van der Waals surface area contributed by atoms with Gasteiger partial charge in [0.15, 0.2) is 5.96 Å². The first-order valence-electron chi connectivity index (χ1n) is 9.33. The largest absolute Gasteiger partial charge is 0.357 e. The Bertz CT molecular complexity index is 756. The van der Waals surface area contributed by atoms with Crippen LogP contribution in [0.2, 0.25) is 0 Å². The van der Waals surface area contributed by atoms with Gasteiger partial charge in [-0.1, -0.05) is 24.3 Å².